The molecule has 21 heavy (non-hydrogen) atoms. The molecule has 0 atom stereocenters. The van der Waals surface area contributed by atoms with Gasteiger partial charge in [-0.15, -0.1) is 0 Å². The van der Waals surface area contributed by atoms with Gasteiger partial charge >= 0.3 is 0 Å². The topological polar surface area (TPSA) is 47.3 Å². The van der Waals surface area contributed by atoms with E-state index < -0.39 is 0 Å². The number of furan rings is 1. The molecule has 2 aromatic heterocycles. The number of nitrogens with one attached hydrogen (secondary N) is 1. The second-order valence-corrected chi connectivity index (χ2v) is 4.96. The Labute approximate surface area is 123 Å². The van der Waals surface area contributed by atoms with Crippen LogP contribution in [0.2, 0.25) is 0 Å². The first kappa shape index (κ1) is 13.6. The normalized spacial score (nSPS) is 11.0. The maximum Gasteiger partial charge on any atom is 0.146 e. The molecule has 0 unspecified atom stereocenters. The van der Waals surface area contributed by atoms with Crippen molar-refractivity contribution in [2.75, 3.05) is 7.05 Å². The van der Waals surface area contributed by atoms with Crippen molar-refractivity contribution in [3.8, 4) is 5.75 Å². The number of fused-ring (bicyclic) bond motifs is 1. The lowest BCUT2D eigenvalue weighted by Gasteiger charge is -2.07. The number of aromatic nitrogens is 1. The van der Waals surface area contributed by atoms with Crippen molar-refractivity contribution in [3.05, 3.63) is 59.7 Å². The van der Waals surface area contributed by atoms with E-state index in [-0.39, 0.29) is 0 Å². The van der Waals surface area contributed by atoms with Crippen LogP contribution in [0.5, 0.6) is 5.75 Å². The Morgan fingerprint density at radius 2 is 2.14 bits per heavy atom. The SMILES string of the molecule is CNCc1oc(COc2cccc3ncccc23)cc1C. The summed E-state index contributed by atoms with van der Waals surface area (Å²) in [5.74, 6) is 2.61. The Kier molecular flexibility index (Phi) is 3.88. The third-order valence-electron chi connectivity index (χ3n) is 3.38. The largest absolute Gasteiger partial charge is 0.485 e. The molecule has 0 aliphatic heterocycles. The van der Waals surface area contributed by atoms with Gasteiger partial charge in [-0.1, -0.05) is 6.07 Å². The number of benzene rings is 1. The molecular weight excluding hydrogens is 264 g/mol. The number of hydrogen-bond acceptors (Lipinski definition) is 4. The van der Waals surface area contributed by atoms with Crippen molar-refractivity contribution in [1.82, 2.24) is 10.3 Å². The van der Waals surface area contributed by atoms with Gasteiger partial charge in [-0.2, -0.15) is 0 Å². The van der Waals surface area contributed by atoms with Gasteiger partial charge in [0.15, 0.2) is 0 Å². The molecule has 0 fully saturated rings. The van der Waals surface area contributed by atoms with Crippen LogP contribution in [0.1, 0.15) is 17.1 Å². The lowest BCUT2D eigenvalue weighted by molar-refractivity contribution is 0.268. The first-order valence-electron chi connectivity index (χ1n) is 6.97. The Balaban J connectivity index is 1.79. The molecular formula is C17H18N2O2. The maximum atomic E-state index is 5.90. The zero-order chi connectivity index (χ0) is 14.7. The second-order valence-electron chi connectivity index (χ2n) is 4.96. The first-order valence-corrected chi connectivity index (χ1v) is 6.97. The lowest BCUT2D eigenvalue weighted by Crippen LogP contribution is -2.04. The number of rotatable bonds is 5. The lowest BCUT2D eigenvalue weighted by atomic mass is 10.2. The fraction of sp³-hybridized carbons (Fsp3) is 0.235. The maximum absolute atomic E-state index is 5.90. The molecule has 4 heteroatoms. The molecule has 3 aromatic rings. The van der Waals surface area contributed by atoms with Crippen LogP contribution in [0.25, 0.3) is 10.9 Å². The average Bonchev–Trinajstić information content (AvgIpc) is 2.86. The zero-order valence-electron chi connectivity index (χ0n) is 12.2. The van der Waals surface area contributed by atoms with E-state index in [9.17, 15) is 0 Å². The van der Waals surface area contributed by atoms with E-state index in [2.05, 4.69) is 10.3 Å². The second kappa shape index (κ2) is 5.97. The van der Waals surface area contributed by atoms with Crippen LogP contribution >= 0.6 is 0 Å². The third-order valence-corrected chi connectivity index (χ3v) is 3.38. The summed E-state index contributed by atoms with van der Waals surface area (Å²) in [6.07, 6.45) is 1.78. The number of hydrogen-bond donors (Lipinski definition) is 1. The highest BCUT2D eigenvalue weighted by Crippen LogP contribution is 2.25. The molecule has 0 saturated carbocycles. The Morgan fingerprint density at radius 3 is 3.00 bits per heavy atom. The van der Waals surface area contributed by atoms with Crippen LogP contribution in [-0.4, -0.2) is 12.0 Å². The van der Waals surface area contributed by atoms with Crippen LogP contribution < -0.4 is 10.1 Å². The van der Waals surface area contributed by atoms with E-state index in [1.807, 2.05) is 50.4 Å². The van der Waals surface area contributed by atoms with Crippen molar-refractivity contribution in [3.63, 3.8) is 0 Å². The van der Waals surface area contributed by atoms with Gasteiger partial charge < -0.3 is 14.5 Å². The first-order chi connectivity index (χ1) is 10.3. The summed E-state index contributed by atoms with van der Waals surface area (Å²) in [5.41, 5.74) is 2.07. The molecule has 108 valence electrons. The molecule has 0 spiro atoms. The van der Waals surface area contributed by atoms with E-state index in [0.29, 0.717) is 6.61 Å². The van der Waals surface area contributed by atoms with Gasteiger partial charge in [0.1, 0.15) is 23.9 Å². The quantitative estimate of drug-likeness (QED) is 0.778. The molecule has 0 saturated heterocycles. The summed E-state index contributed by atoms with van der Waals surface area (Å²) in [6.45, 7) is 3.18. The zero-order valence-corrected chi connectivity index (χ0v) is 12.2. The van der Waals surface area contributed by atoms with E-state index >= 15 is 0 Å². The minimum Gasteiger partial charge on any atom is -0.485 e. The minimum atomic E-state index is 0.415. The summed E-state index contributed by atoms with van der Waals surface area (Å²) >= 11 is 0. The predicted octanol–water partition coefficient (Wildman–Crippen LogP) is 3.43. The molecule has 1 N–H and O–H groups in total. The average molecular weight is 282 g/mol. The molecule has 0 aliphatic rings. The van der Waals surface area contributed by atoms with Crippen molar-refractivity contribution < 1.29 is 9.15 Å². The summed E-state index contributed by atoms with van der Waals surface area (Å²) in [6, 6.07) is 11.8. The van der Waals surface area contributed by atoms with E-state index in [1.54, 1.807) is 6.20 Å². The van der Waals surface area contributed by atoms with Gasteiger partial charge in [0.05, 0.1) is 12.1 Å². The van der Waals surface area contributed by atoms with Crippen LogP contribution in [0.3, 0.4) is 0 Å². The van der Waals surface area contributed by atoms with Gasteiger partial charge in [-0.25, -0.2) is 0 Å². The van der Waals surface area contributed by atoms with E-state index in [0.717, 1.165) is 40.3 Å². The molecule has 0 bridgehead atoms. The molecule has 1 aromatic carbocycles. The Morgan fingerprint density at radius 1 is 1.24 bits per heavy atom. The molecule has 0 radical (unpaired) electrons. The smallest absolute Gasteiger partial charge is 0.146 e. The molecule has 0 amide bonds. The van der Waals surface area contributed by atoms with Crippen LogP contribution in [-0.2, 0) is 13.2 Å². The van der Waals surface area contributed by atoms with Gasteiger partial charge in [-0.3, -0.25) is 4.98 Å². The highest BCUT2D eigenvalue weighted by atomic mass is 16.5. The van der Waals surface area contributed by atoms with Gasteiger partial charge in [-0.05, 0) is 49.9 Å². The van der Waals surface area contributed by atoms with Gasteiger partial charge in [0.2, 0.25) is 0 Å². The highest BCUT2D eigenvalue weighted by molar-refractivity contribution is 5.84. The molecule has 0 aliphatic carbocycles. The van der Waals surface area contributed by atoms with Crippen molar-refractivity contribution in [2.24, 2.45) is 0 Å². The van der Waals surface area contributed by atoms with E-state index in [1.165, 1.54) is 0 Å². The van der Waals surface area contributed by atoms with Crippen LogP contribution in [0, 0.1) is 6.92 Å². The molecule has 4 nitrogen and oxygen atoms in total. The van der Waals surface area contributed by atoms with Crippen molar-refractivity contribution in [2.45, 2.75) is 20.1 Å². The van der Waals surface area contributed by atoms with Gasteiger partial charge in [0.25, 0.3) is 0 Å². The van der Waals surface area contributed by atoms with Crippen LogP contribution in [0.4, 0.5) is 0 Å². The minimum absolute atomic E-state index is 0.415. The Bertz CT molecular complexity index is 744. The number of pyridine rings is 1. The third kappa shape index (κ3) is 2.90. The van der Waals surface area contributed by atoms with Crippen LogP contribution in [0.15, 0.2) is 47.0 Å². The number of nitrogens with zero attached hydrogens (tertiary/aromatic N) is 1. The summed E-state index contributed by atoms with van der Waals surface area (Å²) in [7, 11) is 1.90. The number of aryl methyl sites for hydroxylation is 1. The van der Waals surface area contributed by atoms with E-state index in [4.69, 9.17) is 9.15 Å². The summed E-state index contributed by atoms with van der Waals surface area (Å²) in [4.78, 5) is 4.33. The summed E-state index contributed by atoms with van der Waals surface area (Å²) in [5, 5.41) is 4.11. The van der Waals surface area contributed by atoms with Crippen molar-refractivity contribution in [1.29, 1.82) is 0 Å². The monoisotopic (exact) mass is 282 g/mol. The predicted molar refractivity (Wildman–Crippen MR) is 82.3 cm³/mol. The molecule has 3 rings (SSSR count). The standard InChI is InChI=1S/C17H18N2O2/c1-12-9-13(21-17(12)10-18-2)11-20-16-7-3-6-15-14(16)5-4-8-19-15/h3-9,18H,10-11H2,1-2H3. The Hall–Kier alpha value is -2.33. The summed E-state index contributed by atoms with van der Waals surface area (Å²) < 4.78 is 11.7. The molecule has 2 heterocycles. The fourth-order valence-electron chi connectivity index (χ4n) is 2.35. The number of ether oxygens (including phenoxy) is 1. The van der Waals surface area contributed by atoms with Gasteiger partial charge in [0, 0.05) is 11.6 Å². The van der Waals surface area contributed by atoms with Crippen molar-refractivity contribution >= 4 is 10.9 Å². The fourth-order valence-corrected chi connectivity index (χ4v) is 2.35. The highest BCUT2D eigenvalue weighted by Gasteiger charge is 2.08.